The lowest BCUT2D eigenvalue weighted by Crippen LogP contribution is -2.01. The predicted molar refractivity (Wildman–Crippen MR) is 76.7 cm³/mol. The number of hydrogen-bond donors (Lipinski definition) is 1. The fourth-order valence-corrected chi connectivity index (χ4v) is 2.47. The molecule has 1 aromatic carbocycles. The molecule has 7 heteroatoms. The quantitative estimate of drug-likeness (QED) is 0.616. The Kier molecular flexibility index (Phi) is 4.21. The van der Waals surface area contributed by atoms with Crippen molar-refractivity contribution >= 4 is 52.4 Å². The molecule has 0 bridgehead atoms. The first-order chi connectivity index (χ1) is 8.91. The molecule has 0 radical (unpaired) electrons. The minimum Gasteiger partial charge on any atom is -0.478 e. The number of halogens is 4. The topological polar surface area (TPSA) is 50.2 Å². The Balaban J connectivity index is 2.79. The standard InChI is InChI=1S/C12H5Cl4NO2/c13-7-1-2-8(14)11(16)10(7)6-4-17-9(15)3-5(6)12(18)19/h1-4H,(H,18,19). The number of rotatable bonds is 2. The monoisotopic (exact) mass is 335 g/mol. The van der Waals surface area contributed by atoms with Gasteiger partial charge in [-0.3, -0.25) is 0 Å². The van der Waals surface area contributed by atoms with Gasteiger partial charge in [0.05, 0.1) is 20.6 Å². The van der Waals surface area contributed by atoms with Crippen molar-refractivity contribution in [3.05, 3.63) is 50.2 Å². The third kappa shape index (κ3) is 2.79. The number of benzene rings is 1. The van der Waals surface area contributed by atoms with Gasteiger partial charge in [-0.25, -0.2) is 9.78 Å². The Hall–Kier alpha value is -1.000. The smallest absolute Gasteiger partial charge is 0.336 e. The SMILES string of the molecule is O=C(O)c1cc(Cl)ncc1-c1c(Cl)ccc(Cl)c1Cl. The lowest BCUT2D eigenvalue weighted by atomic mass is 10.0. The first-order valence-electron chi connectivity index (χ1n) is 4.94. The molecular formula is C12H5Cl4NO2. The van der Waals surface area contributed by atoms with Crippen molar-refractivity contribution in [3.63, 3.8) is 0 Å². The van der Waals surface area contributed by atoms with Crippen LogP contribution in [-0.4, -0.2) is 16.1 Å². The molecule has 0 spiro atoms. The molecule has 0 unspecified atom stereocenters. The summed E-state index contributed by atoms with van der Waals surface area (Å²) in [7, 11) is 0. The summed E-state index contributed by atoms with van der Waals surface area (Å²) < 4.78 is 0. The Labute approximate surface area is 128 Å². The van der Waals surface area contributed by atoms with Crippen molar-refractivity contribution in [1.29, 1.82) is 0 Å². The van der Waals surface area contributed by atoms with E-state index in [1.807, 2.05) is 0 Å². The van der Waals surface area contributed by atoms with Gasteiger partial charge in [0.15, 0.2) is 0 Å². The fourth-order valence-electron chi connectivity index (χ4n) is 1.58. The van der Waals surface area contributed by atoms with Crippen LogP contribution >= 0.6 is 46.4 Å². The number of hydrogen-bond acceptors (Lipinski definition) is 2. The second kappa shape index (κ2) is 5.55. The van der Waals surface area contributed by atoms with Gasteiger partial charge in [0.25, 0.3) is 0 Å². The van der Waals surface area contributed by atoms with E-state index >= 15 is 0 Å². The van der Waals surface area contributed by atoms with Crippen LogP contribution in [0.1, 0.15) is 10.4 Å². The first-order valence-corrected chi connectivity index (χ1v) is 6.45. The summed E-state index contributed by atoms with van der Waals surface area (Å²) in [5.41, 5.74) is 0.526. The average molecular weight is 337 g/mol. The normalized spacial score (nSPS) is 10.5. The van der Waals surface area contributed by atoms with Gasteiger partial charge < -0.3 is 5.11 Å². The minimum atomic E-state index is -1.16. The lowest BCUT2D eigenvalue weighted by Gasteiger charge is -2.11. The maximum Gasteiger partial charge on any atom is 0.336 e. The van der Waals surface area contributed by atoms with Gasteiger partial charge in [0.2, 0.25) is 0 Å². The van der Waals surface area contributed by atoms with Crippen LogP contribution in [0.3, 0.4) is 0 Å². The summed E-state index contributed by atoms with van der Waals surface area (Å²) in [6.07, 6.45) is 1.30. The van der Waals surface area contributed by atoms with Gasteiger partial charge in [0, 0.05) is 17.3 Å². The van der Waals surface area contributed by atoms with Crippen LogP contribution in [0.5, 0.6) is 0 Å². The van der Waals surface area contributed by atoms with Crippen LogP contribution in [0.15, 0.2) is 24.4 Å². The molecule has 0 aliphatic carbocycles. The van der Waals surface area contributed by atoms with Gasteiger partial charge >= 0.3 is 5.97 Å². The fraction of sp³-hybridized carbons (Fsp3) is 0. The van der Waals surface area contributed by atoms with E-state index in [0.717, 1.165) is 0 Å². The number of nitrogens with zero attached hydrogens (tertiary/aromatic N) is 1. The molecule has 0 amide bonds. The number of carboxylic acid groups (broad SMARTS) is 1. The van der Waals surface area contributed by atoms with Gasteiger partial charge in [-0.1, -0.05) is 46.4 Å². The highest BCUT2D eigenvalue weighted by atomic mass is 35.5. The van der Waals surface area contributed by atoms with Crippen molar-refractivity contribution in [2.75, 3.05) is 0 Å². The third-order valence-corrected chi connectivity index (χ3v) is 3.74. The maximum atomic E-state index is 11.2. The summed E-state index contributed by atoms with van der Waals surface area (Å²) in [5.74, 6) is -1.16. The first kappa shape index (κ1) is 14.4. The van der Waals surface area contributed by atoms with Gasteiger partial charge in [0.1, 0.15) is 5.15 Å². The van der Waals surface area contributed by atoms with E-state index in [0.29, 0.717) is 5.56 Å². The molecule has 0 fully saturated rings. The molecule has 1 heterocycles. The molecular weight excluding hydrogens is 332 g/mol. The molecule has 98 valence electrons. The van der Waals surface area contributed by atoms with Crippen LogP contribution in [0.4, 0.5) is 0 Å². The summed E-state index contributed by atoms with van der Waals surface area (Å²) in [5, 5.41) is 9.98. The molecule has 1 N–H and O–H groups in total. The van der Waals surface area contributed by atoms with E-state index in [4.69, 9.17) is 46.4 Å². The Bertz CT molecular complexity index is 673. The number of aromatic nitrogens is 1. The molecule has 0 aliphatic heterocycles. The molecule has 0 saturated heterocycles. The van der Waals surface area contributed by atoms with Crippen molar-refractivity contribution in [1.82, 2.24) is 4.98 Å². The molecule has 3 nitrogen and oxygen atoms in total. The van der Waals surface area contributed by atoms with Gasteiger partial charge in [-0.05, 0) is 18.2 Å². The number of pyridine rings is 1. The van der Waals surface area contributed by atoms with E-state index in [1.54, 1.807) is 0 Å². The Morgan fingerprint density at radius 3 is 2.37 bits per heavy atom. The highest BCUT2D eigenvalue weighted by Gasteiger charge is 2.19. The van der Waals surface area contributed by atoms with Gasteiger partial charge in [-0.15, -0.1) is 0 Å². The summed E-state index contributed by atoms with van der Waals surface area (Å²) in [4.78, 5) is 15.1. The van der Waals surface area contributed by atoms with Crippen molar-refractivity contribution < 1.29 is 9.90 Å². The van der Waals surface area contributed by atoms with Crippen LogP contribution in [0.25, 0.3) is 11.1 Å². The second-order valence-corrected chi connectivity index (χ2v) is 5.16. The molecule has 0 aliphatic rings. The van der Waals surface area contributed by atoms with E-state index in [2.05, 4.69) is 4.98 Å². The lowest BCUT2D eigenvalue weighted by molar-refractivity contribution is 0.0697. The zero-order chi connectivity index (χ0) is 14.2. The minimum absolute atomic E-state index is 0.0499. The number of carboxylic acids is 1. The zero-order valence-corrected chi connectivity index (χ0v) is 12.1. The van der Waals surface area contributed by atoms with Crippen molar-refractivity contribution in [3.8, 4) is 11.1 Å². The third-order valence-electron chi connectivity index (χ3n) is 2.41. The summed E-state index contributed by atoms with van der Waals surface area (Å²) in [6, 6.07) is 4.29. The highest BCUT2D eigenvalue weighted by Crippen LogP contribution is 2.40. The maximum absolute atomic E-state index is 11.2. The number of aromatic carboxylic acids is 1. The Morgan fingerprint density at radius 2 is 1.74 bits per heavy atom. The largest absolute Gasteiger partial charge is 0.478 e. The van der Waals surface area contributed by atoms with Crippen LogP contribution in [-0.2, 0) is 0 Å². The Morgan fingerprint density at radius 1 is 1.11 bits per heavy atom. The molecule has 1 aromatic heterocycles. The predicted octanol–water partition coefficient (Wildman–Crippen LogP) is 5.06. The van der Waals surface area contributed by atoms with Gasteiger partial charge in [-0.2, -0.15) is 0 Å². The highest BCUT2D eigenvalue weighted by molar-refractivity contribution is 6.46. The van der Waals surface area contributed by atoms with E-state index in [-0.39, 0.29) is 31.3 Å². The number of carbonyl (C=O) groups is 1. The molecule has 2 rings (SSSR count). The van der Waals surface area contributed by atoms with E-state index in [9.17, 15) is 9.90 Å². The van der Waals surface area contributed by atoms with Crippen molar-refractivity contribution in [2.24, 2.45) is 0 Å². The summed E-state index contributed by atoms with van der Waals surface area (Å²) in [6.45, 7) is 0. The molecule has 0 atom stereocenters. The molecule has 0 saturated carbocycles. The van der Waals surface area contributed by atoms with Crippen LogP contribution in [0, 0.1) is 0 Å². The zero-order valence-electron chi connectivity index (χ0n) is 9.12. The van der Waals surface area contributed by atoms with Crippen LogP contribution < -0.4 is 0 Å². The average Bonchev–Trinajstić information content (AvgIpc) is 2.36. The second-order valence-electron chi connectivity index (χ2n) is 3.58. The van der Waals surface area contributed by atoms with Crippen LogP contribution in [0.2, 0.25) is 20.2 Å². The molecule has 19 heavy (non-hydrogen) atoms. The van der Waals surface area contributed by atoms with E-state index < -0.39 is 5.97 Å². The van der Waals surface area contributed by atoms with Crippen molar-refractivity contribution in [2.45, 2.75) is 0 Å². The van der Waals surface area contributed by atoms with E-state index in [1.165, 1.54) is 24.4 Å². The molecule has 2 aromatic rings. The summed E-state index contributed by atoms with van der Waals surface area (Å²) >= 11 is 23.7.